The van der Waals surface area contributed by atoms with Crippen LogP contribution in [0, 0.1) is 0 Å². The molecule has 1 N–H and O–H groups in total. The van der Waals surface area contributed by atoms with Crippen molar-refractivity contribution >= 4 is 5.91 Å². The van der Waals surface area contributed by atoms with Gasteiger partial charge in [0, 0.05) is 39.8 Å². The van der Waals surface area contributed by atoms with Crippen molar-refractivity contribution in [2.24, 2.45) is 0 Å². The van der Waals surface area contributed by atoms with Crippen LogP contribution in [0.2, 0.25) is 0 Å². The minimum Gasteiger partial charge on any atom is -0.347 e. The van der Waals surface area contributed by atoms with Gasteiger partial charge in [-0.05, 0) is 24.0 Å². The summed E-state index contributed by atoms with van der Waals surface area (Å²) in [5.41, 5.74) is 2.87. The van der Waals surface area contributed by atoms with Crippen molar-refractivity contribution in [1.29, 1.82) is 0 Å². The number of carbonyl (C=O) groups is 1. The lowest BCUT2D eigenvalue weighted by molar-refractivity contribution is -0.136. The number of nitrogens with one attached hydrogen (secondary N) is 1. The summed E-state index contributed by atoms with van der Waals surface area (Å²) in [5, 5.41) is 3.36. The Hall–Kier alpha value is -1.39. The molecule has 2 atom stereocenters. The molecule has 3 rings (SSSR count). The van der Waals surface area contributed by atoms with Crippen LogP contribution in [0.15, 0.2) is 24.3 Å². The van der Waals surface area contributed by atoms with Gasteiger partial charge in [-0.1, -0.05) is 24.3 Å². The summed E-state index contributed by atoms with van der Waals surface area (Å²) in [6.07, 6.45) is 2.27. The molecule has 1 heterocycles. The first-order valence-electron chi connectivity index (χ1n) is 7.44. The van der Waals surface area contributed by atoms with Gasteiger partial charge >= 0.3 is 0 Å². The van der Waals surface area contributed by atoms with Crippen molar-refractivity contribution in [3.8, 4) is 0 Å². The highest BCUT2D eigenvalue weighted by Crippen LogP contribution is 2.37. The fourth-order valence-electron chi connectivity index (χ4n) is 3.50. The summed E-state index contributed by atoms with van der Waals surface area (Å²) >= 11 is 0. The number of carbonyl (C=O) groups excluding carboxylic acids is 1. The van der Waals surface area contributed by atoms with Crippen LogP contribution in [0.4, 0.5) is 0 Å². The van der Waals surface area contributed by atoms with E-state index in [2.05, 4.69) is 34.5 Å². The van der Waals surface area contributed by atoms with Gasteiger partial charge in [-0.25, -0.2) is 0 Å². The number of piperazine rings is 1. The summed E-state index contributed by atoms with van der Waals surface area (Å²) in [5.74, 6) is 0.210. The highest BCUT2D eigenvalue weighted by Gasteiger charge is 2.37. The topological polar surface area (TPSA) is 35.6 Å². The predicted molar refractivity (Wildman–Crippen MR) is 79.6 cm³/mol. The molecule has 0 spiro atoms. The maximum atomic E-state index is 12.4. The van der Waals surface area contributed by atoms with E-state index < -0.39 is 0 Å². The second kappa shape index (κ2) is 5.54. The largest absolute Gasteiger partial charge is 0.347 e. The van der Waals surface area contributed by atoms with E-state index in [0.717, 1.165) is 32.5 Å². The number of hydrogen-bond acceptors (Lipinski definition) is 3. The summed E-state index contributed by atoms with van der Waals surface area (Å²) in [7, 11) is 3.69. The molecule has 1 saturated heterocycles. The van der Waals surface area contributed by atoms with Gasteiger partial charge in [0.25, 0.3) is 0 Å². The molecule has 2 unspecified atom stereocenters. The molecule has 4 nitrogen and oxygen atoms in total. The lowest BCUT2D eigenvalue weighted by Crippen LogP contribution is -2.58. The van der Waals surface area contributed by atoms with E-state index >= 15 is 0 Å². The SMILES string of the molecule is CN(C)C(=O)C1CNCCN1C1CCc2ccccc21. The van der Waals surface area contributed by atoms with Crippen LogP contribution < -0.4 is 5.32 Å². The van der Waals surface area contributed by atoms with Gasteiger partial charge in [0.15, 0.2) is 0 Å². The molecule has 20 heavy (non-hydrogen) atoms. The van der Waals surface area contributed by atoms with Crippen molar-refractivity contribution in [2.75, 3.05) is 33.7 Å². The van der Waals surface area contributed by atoms with Gasteiger partial charge < -0.3 is 10.2 Å². The Morgan fingerprint density at radius 2 is 2.15 bits per heavy atom. The van der Waals surface area contributed by atoms with Gasteiger partial charge in [-0.15, -0.1) is 0 Å². The third kappa shape index (κ3) is 2.34. The third-order valence-electron chi connectivity index (χ3n) is 4.51. The van der Waals surface area contributed by atoms with Crippen LogP contribution in [-0.2, 0) is 11.2 Å². The van der Waals surface area contributed by atoms with E-state index in [9.17, 15) is 4.79 Å². The Morgan fingerprint density at radius 3 is 2.95 bits per heavy atom. The molecule has 1 amide bonds. The molecule has 1 fully saturated rings. The fourth-order valence-corrected chi connectivity index (χ4v) is 3.50. The molecule has 0 radical (unpaired) electrons. The third-order valence-corrected chi connectivity index (χ3v) is 4.51. The summed E-state index contributed by atoms with van der Waals surface area (Å²) in [6, 6.07) is 9.05. The van der Waals surface area contributed by atoms with Gasteiger partial charge in [0.1, 0.15) is 6.04 Å². The molecule has 0 aromatic heterocycles. The normalized spacial score (nSPS) is 26.3. The summed E-state index contributed by atoms with van der Waals surface area (Å²) in [4.78, 5) is 16.5. The van der Waals surface area contributed by atoms with E-state index in [0.29, 0.717) is 6.04 Å². The van der Waals surface area contributed by atoms with E-state index in [4.69, 9.17) is 0 Å². The Morgan fingerprint density at radius 1 is 1.35 bits per heavy atom. The average molecular weight is 273 g/mol. The van der Waals surface area contributed by atoms with Crippen molar-refractivity contribution in [2.45, 2.75) is 24.9 Å². The number of benzene rings is 1. The number of aryl methyl sites for hydroxylation is 1. The molecule has 4 heteroatoms. The Balaban J connectivity index is 1.86. The number of fused-ring (bicyclic) bond motifs is 1. The smallest absolute Gasteiger partial charge is 0.240 e. The molecular formula is C16H23N3O. The molecule has 0 saturated carbocycles. The van der Waals surface area contributed by atoms with Crippen LogP contribution in [0.1, 0.15) is 23.6 Å². The number of nitrogens with zero attached hydrogens (tertiary/aromatic N) is 2. The van der Waals surface area contributed by atoms with Crippen molar-refractivity contribution < 1.29 is 4.79 Å². The van der Waals surface area contributed by atoms with Gasteiger partial charge in [-0.2, -0.15) is 0 Å². The number of hydrogen-bond donors (Lipinski definition) is 1. The zero-order valence-electron chi connectivity index (χ0n) is 12.3. The van der Waals surface area contributed by atoms with Crippen molar-refractivity contribution in [3.05, 3.63) is 35.4 Å². The molecule has 0 bridgehead atoms. The van der Waals surface area contributed by atoms with E-state index in [1.54, 1.807) is 4.90 Å². The van der Waals surface area contributed by atoms with Crippen LogP contribution in [0.5, 0.6) is 0 Å². The zero-order chi connectivity index (χ0) is 14.1. The fraction of sp³-hybridized carbons (Fsp3) is 0.562. The minimum absolute atomic E-state index is 0.0325. The molecule has 1 aliphatic heterocycles. The first-order chi connectivity index (χ1) is 9.68. The Bertz CT molecular complexity index is 500. The number of likely N-dealkylation sites (N-methyl/N-ethyl adjacent to an activating group) is 1. The Kier molecular flexibility index (Phi) is 3.76. The maximum absolute atomic E-state index is 12.4. The maximum Gasteiger partial charge on any atom is 0.240 e. The van der Waals surface area contributed by atoms with Gasteiger partial charge in [0.05, 0.1) is 0 Å². The molecule has 2 aliphatic rings. The van der Waals surface area contributed by atoms with E-state index in [-0.39, 0.29) is 11.9 Å². The quantitative estimate of drug-likeness (QED) is 0.874. The highest BCUT2D eigenvalue weighted by molar-refractivity contribution is 5.82. The molecule has 1 aliphatic carbocycles. The van der Waals surface area contributed by atoms with E-state index in [1.165, 1.54) is 11.1 Å². The van der Waals surface area contributed by atoms with Crippen LogP contribution in [0.3, 0.4) is 0 Å². The number of rotatable bonds is 2. The minimum atomic E-state index is -0.0325. The summed E-state index contributed by atoms with van der Waals surface area (Å²) < 4.78 is 0. The van der Waals surface area contributed by atoms with Crippen LogP contribution in [-0.4, -0.2) is 55.5 Å². The second-order valence-electron chi connectivity index (χ2n) is 5.94. The van der Waals surface area contributed by atoms with Crippen LogP contribution >= 0.6 is 0 Å². The first-order valence-corrected chi connectivity index (χ1v) is 7.44. The van der Waals surface area contributed by atoms with E-state index in [1.807, 2.05) is 14.1 Å². The monoisotopic (exact) mass is 273 g/mol. The first kappa shape index (κ1) is 13.6. The standard InChI is InChI=1S/C16H23N3O/c1-18(2)16(20)15-11-17-9-10-19(15)14-8-7-12-5-3-4-6-13(12)14/h3-6,14-15,17H,7-11H2,1-2H3. The Labute approximate surface area is 120 Å². The second-order valence-corrected chi connectivity index (χ2v) is 5.94. The zero-order valence-corrected chi connectivity index (χ0v) is 12.3. The molecule has 1 aromatic rings. The van der Waals surface area contributed by atoms with Crippen molar-refractivity contribution in [3.63, 3.8) is 0 Å². The predicted octanol–water partition coefficient (Wildman–Crippen LogP) is 1.04. The molecule has 108 valence electrons. The van der Waals surface area contributed by atoms with Gasteiger partial charge in [-0.3, -0.25) is 9.69 Å². The lowest BCUT2D eigenvalue weighted by atomic mass is 10.0. The number of amides is 1. The molecule has 1 aromatic carbocycles. The molecular weight excluding hydrogens is 250 g/mol. The lowest BCUT2D eigenvalue weighted by Gasteiger charge is -2.40. The van der Waals surface area contributed by atoms with Gasteiger partial charge in [0.2, 0.25) is 5.91 Å². The highest BCUT2D eigenvalue weighted by atomic mass is 16.2. The van der Waals surface area contributed by atoms with Crippen LogP contribution in [0.25, 0.3) is 0 Å². The average Bonchev–Trinajstić information content (AvgIpc) is 2.90. The summed E-state index contributed by atoms with van der Waals surface area (Å²) in [6.45, 7) is 2.68. The van der Waals surface area contributed by atoms with Crippen molar-refractivity contribution in [1.82, 2.24) is 15.1 Å².